The molecule has 1 rings (SSSR count). The molecule has 1 saturated heterocycles. The number of hydrogen-bond acceptors (Lipinski definition) is 1. The molecular weight excluding hydrogens is 162 g/mol. The van der Waals surface area contributed by atoms with Crippen molar-refractivity contribution in [3.8, 4) is 0 Å². The van der Waals surface area contributed by atoms with Crippen LogP contribution in [0, 0.1) is 5.92 Å². The predicted molar refractivity (Wildman–Crippen MR) is 54.5 cm³/mol. The molecule has 0 aromatic rings. The molecule has 1 amide bonds. The molecule has 2 heteroatoms. The number of amides is 1. The number of piperidine rings is 1. The zero-order chi connectivity index (χ0) is 9.68. The van der Waals surface area contributed by atoms with Gasteiger partial charge < -0.3 is 4.90 Å². The van der Waals surface area contributed by atoms with Gasteiger partial charge in [-0.05, 0) is 25.2 Å². The summed E-state index contributed by atoms with van der Waals surface area (Å²) >= 11 is 0. The van der Waals surface area contributed by atoms with Gasteiger partial charge in [0.15, 0.2) is 0 Å². The summed E-state index contributed by atoms with van der Waals surface area (Å²) in [6.07, 6.45) is 5.52. The Kier molecular flexibility index (Phi) is 4.26. The molecule has 0 radical (unpaired) electrons. The van der Waals surface area contributed by atoms with Crippen LogP contribution in [0.4, 0.5) is 0 Å². The van der Waals surface area contributed by atoms with Gasteiger partial charge in [0.05, 0.1) is 0 Å². The molecule has 0 aromatic heterocycles. The Morgan fingerprint density at radius 2 is 2.15 bits per heavy atom. The van der Waals surface area contributed by atoms with Gasteiger partial charge in [-0.15, -0.1) is 0 Å². The third-order valence-electron chi connectivity index (χ3n) is 2.79. The lowest BCUT2D eigenvalue weighted by Crippen LogP contribution is -2.40. The highest BCUT2D eigenvalue weighted by Gasteiger charge is 2.23. The molecule has 1 aliphatic rings. The van der Waals surface area contributed by atoms with Crippen LogP contribution in [0.2, 0.25) is 0 Å². The van der Waals surface area contributed by atoms with Gasteiger partial charge in [0.25, 0.3) is 0 Å². The Bertz CT molecular complexity index is 167. The highest BCUT2D eigenvalue weighted by molar-refractivity contribution is 5.76. The second kappa shape index (κ2) is 5.25. The van der Waals surface area contributed by atoms with E-state index in [1.165, 1.54) is 12.8 Å². The van der Waals surface area contributed by atoms with Gasteiger partial charge in [-0.2, -0.15) is 0 Å². The fraction of sp³-hybridized carbons (Fsp3) is 0.909. The van der Waals surface area contributed by atoms with Crippen molar-refractivity contribution in [1.29, 1.82) is 0 Å². The van der Waals surface area contributed by atoms with E-state index in [-0.39, 0.29) is 0 Å². The average molecular weight is 183 g/mol. The fourth-order valence-corrected chi connectivity index (χ4v) is 2.12. The minimum absolute atomic E-state index is 0.370. The van der Waals surface area contributed by atoms with E-state index in [9.17, 15) is 4.79 Å². The van der Waals surface area contributed by atoms with Crippen LogP contribution in [-0.2, 0) is 4.79 Å². The Balaban J connectivity index is 2.38. The van der Waals surface area contributed by atoms with E-state index >= 15 is 0 Å². The van der Waals surface area contributed by atoms with Crippen molar-refractivity contribution in [2.75, 3.05) is 13.1 Å². The number of likely N-dealkylation sites (tertiary alicyclic amines) is 1. The van der Waals surface area contributed by atoms with Crippen LogP contribution in [0.5, 0.6) is 0 Å². The molecule has 0 spiro atoms. The van der Waals surface area contributed by atoms with E-state index in [1.54, 1.807) is 0 Å². The summed E-state index contributed by atoms with van der Waals surface area (Å²) in [6.45, 7) is 6.33. The average Bonchev–Trinajstić information content (AvgIpc) is 2.12. The lowest BCUT2D eigenvalue weighted by atomic mass is 9.93. The molecule has 0 bridgehead atoms. The zero-order valence-electron chi connectivity index (χ0n) is 8.88. The van der Waals surface area contributed by atoms with E-state index in [2.05, 4.69) is 13.8 Å². The number of nitrogens with zero attached hydrogens (tertiary/aromatic N) is 1. The summed E-state index contributed by atoms with van der Waals surface area (Å²) in [6, 6.07) is 0. The van der Waals surface area contributed by atoms with Crippen molar-refractivity contribution in [2.45, 2.75) is 46.0 Å². The molecule has 0 aliphatic carbocycles. The maximum Gasteiger partial charge on any atom is 0.222 e. The first-order chi connectivity index (χ1) is 6.27. The van der Waals surface area contributed by atoms with Crippen LogP contribution < -0.4 is 0 Å². The Labute approximate surface area is 81.3 Å². The number of hydrogen-bond donors (Lipinski definition) is 0. The molecule has 76 valence electrons. The highest BCUT2D eigenvalue weighted by atomic mass is 16.2. The molecule has 1 heterocycles. The first-order valence-corrected chi connectivity index (χ1v) is 5.55. The first kappa shape index (κ1) is 10.6. The maximum atomic E-state index is 11.5. The monoisotopic (exact) mass is 183 g/mol. The van der Waals surface area contributed by atoms with Crippen LogP contribution in [0.1, 0.15) is 46.0 Å². The molecule has 0 saturated carbocycles. The lowest BCUT2D eigenvalue weighted by molar-refractivity contribution is -0.134. The van der Waals surface area contributed by atoms with Crippen molar-refractivity contribution < 1.29 is 4.79 Å². The summed E-state index contributed by atoms with van der Waals surface area (Å²) in [5.74, 6) is 1.14. The third kappa shape index (κ3) is 3.02. The maximum absolute atomic E-state index is 11.5. The van der Waals surface area contributed by atoms with Crippen LogP contribution in [0.25, 0.3) is 0 Å². The molecule has 0 N–H and O–H groups in total. The first-order valence-electron chi connectivity index (χ1n) is 5.55. The van der Waals surface area contributed by atoms with E-state index in [1.807, 2.05) is 4.90 Å². The quantitative estimate of drug-likeness (QED) is 0.655. The molecule has 1 unspecified atom stereocenters. The van der Waals surface area contributed by atoms with Gasteiger partial charge in [-0.25, -0.2) is 0 Å². The normalized spacial score (nSPS) is 23.7. The van der Waals surface area contributed by atoms with E-state index in [4.69, 9.17) is 0 Å². The van der Waals surface area contributed by atoms with Gasteiger partial charge in [-0.1, -0.05) is 20.3 Å². The number of rotatable bonds is 4. The van der Waals surface area contributed by atoms with Crippen LogP contribution in [0.3, 0.4) is 0 Å². The van der Waals surface area contributed by atoms with Crippen LogP contribution in [-0.4, -0.2) is 23.9 Å². The summed E-state index contributed by atoms with van der Waals surface area (Å²) in [4.78, 5) is 13.5. The molecule has 1 fully saturated rings. The van der Waals surface area contributed by atoms with Gasteiger partial charge in [0.2, 0.25) is 5.91 Å². The van der Waals surface area contributed by atoms with Gasteiger partial charge in [0, 0.05) is 19.5 Å². The summed E-state index contributed by atoms with van der Waals surface area (Å²) in [5, 5.41) is 0. The fourth-order valence-electron chi connectivity index (χ4n) is 2.12. The standard InChI is InChI=1S/C11H21NO/c1-3-5-10-6-7-11(13)12(9-10)8-4-2/h10H,3-9H2,1-2H3. The van der Waals surface area contributed by atoms with Gasteiger partial charge in [-0.3, -0.25) is 4.79 Å². The minimum atomic E-state index is 0.370. The van der Waals surface area contributed by atoms with Crippen molar-refractivity contribution >= 4 is 5.91 Å². The Hall–Kier alpha value is -0.530. The van der Waals surface area contributed by atoms with Crippen LogP contribution >= 0.6 is 0 Å². The number of carbonyl (C=O) groups is 1. The minimum Gasteiger partial charge on any atom is -0.342 e. The second-order valence-electron chi connectivity index (χ2n) is 4.03. The topological polar surface area (TPSA) is 20.3 Å². The van der Waals surface area contributed by atoms with Crippen molar-refractivity contribution in [3.05, 3.63) is 0 Å². The van der Waals surface area contributed by atoms with Gasteiger partial charge >= 0.3 is 0 Å². The van der Waals surface area contributed by atoms with Crippen LogP contribution in [0.15, 0.2) is 0 Å². The Morgan fingerprint density at radius 3 is 2.77 bits per heavy atom. The largest absolute Gasteiger partial charge is 0.342 e. The Morgan fingerprint density at radius 1 is 1.38 bits per heavy atom. The molecule has 13 heavy (non-hydrogen) atoms. The third-order valence-corrected chi connectivity index (χ3v) is 2.79. The van der Waals surface area contributed by atoms with E-state index in [0.717, 1.165) is 38.3 Å². The SMILES string of the molecule is CCCC1CCC(=O)N(CCC)C1. The summed E-state index contributed by atoms with van der Waals surface area (Å²) in [7, 11) is 0. The molecule has 1 atom stereocenters. The van der Waals surface area contributed by atoms with Crippen molar-refractivity contribution in [2.24, 2.45) is 5.92 Å². The predicted octanol–water partition coefficient (Wildman–Crippen LogP) is 2.44. The molecule has 0 aromatic carbocycles. The van der Waals surface area contributed by atoms with E-state index < -0.39 is 0 Å². The smallest absolute Gasteiger partial charge is 0.222 e. The van der Waals surface area contributed by atoms with Crippen molar-refractivity contribution in [1.82, 2.24) is 4.90 Å². The molecule has 1 aliphatic heterocycles. The summed E-state index contributed by atoms with van der Waals surface area (Å²) < 4.78 is 0. The number of carbonyl (C=O) groups excluding carboxylic acids is 1. The lowest BCUT2D eigenvalue weighted by Gasteiger charge is -2.32. The van der Waals surface area contributed by atoms with Crippen molar-refractivity contribution in [3.63, 3.8) is 0 Å². The molecular formula is C11H21NO. The zero-order valence-corrected chi connectivity index (χ0v) is 8.88. The summed E-state index contributed by atoms with van der Waals surface area (Å²) in [5.41, 5.74) is 0. The van der Waals surface area contributed by atoms with E-state index in [0.29, 0.717) is 5.91 Å². The van der Waals surface area contributed by atoms with Gasteiger partial charge in [0.1, 0.15) is 0 Å². The highest BCUT2D eigenvalue weighted by Crippen LogP contribution is 2.21. The molecule has 2 nitrogen and oxygen atoms in total. The second-order valence-corrected chi connectivity index (χ2v) is 4.03.